The lowest BCUT2D eigenvalue weighted by atomic mass is 10.2. The number of nitrogens with zero attached hydrogens (tertiary/aromatic N) is 2. The van der Waals surface area contributed by atoms with Crippen LogP contribution in [0, 0.1) is 0 Å². The van der Waals surface area contributed by atoms with Crippen LogP contribution in [-0.2, 0) is 4.74 Å². The Balaban J connectivity index is 2.19. The van der Waals surface area contributed by atoms with E-state index in [4.69, 9.17) is 32.7 Å². The normalized spacial score (nSPS) is 11.0. The van der Waals surface area contributed by atoms with E-state index in [9.17, 15) is 4.79 Å². The second-order valence-corrected chi connectivity index (χ2v) is 6.25. The molecule has 2 rings (SSSR count). The van der Waals surface area contributed by atoms with Crippen molar-refractivity contribution in [3.63, 3.8) is 0 Å². The Hall–Kier alpha value is -2.05. The Bertz CT molecular complexity index is 697. The van der Waals surface area contributed by atoms with Crippen molar-refractivity contribution in [1.29, 1.82) is 0 Å². The summed E-state index contributed by atoms with van der Waals surface area (Å²) in [4.78, 5) is 19.5. The van der Waals surface area contributed by atoms with Gasteiger partial charge in [-0.25, -0.2) is 9.78 Å². The molecule has 0 atom stereocenters. The molecule has 0 unspecified atom stereocenters. The number of hydrogen-bond donors (Lipinski definition) is 1. The minimum atomic E-state index is -0.604. The molecule has 122 valence electrons. The van der Waals surface area contributed by atoms with E-state index in [0.29, 0.717) is 11.4 Å². The van der Waals surface area contributed by atoms with E-state index < -0.39 is 11.7 Å². The number of ether oxygens (including phenoxy) is 2. The van der Waals surface area contributed by atoms with Crippen molar-refractivity contribution >= 4 is 35.0 Å². The number of rotatable bonds is 3. The zero-order chi connectivity index (χ0) is 17.0. The number of aromatic nitrogens is 2. The predicted molar refractivity (Wildman–Crippen MR) is 88.4 cm³/mol. The number of carbonyl (C=O) groups is 1. The van der Waals surface area contributed by atoms with Crippen LogP contribution in [0.25, 0.3) is 0 Å². The number of nitrogens with one attached hydrogen (secondary N) is 1. The van der Waals surface area contributed by atoms with Crippen LogP contribution in [0.2, 0.25) is 10.4 Å². The number of para-hydroxylation sites is 2. The molecular weight excluding hydrogens is 341 g/mol. The van der Waals surface area contributed by atoms with Gasteiger partial charge < -0.3 is 9.47 Å². The van der Waals surface area contributed by atoms with Crippen molar-refractivity contribution in [2.75, 3.05) is 5.32 Å². The molecule has 1 N–H and O–H groups in total. The quantitative estimate of drug-likeness (QED) is 0.624. The topological polar surface area (TPSA) is 73.3 Å². The number of carbonyl (C=O) groups excluding carboxylic acids is 1. The van der Waals surface area contributed by atoms with E-state index in [1.165, 1.54) is 6.07 Å². The Labute approximate surface area is 143 Å². The first-order chi connectivity index (χ1) is 10.7. The van der Waals surface area contributed by atoms with E-state index in [2.05, 4.69) is 15.3 Å². The number of amides is 1. The van der Waals surface area contributed by atoms with Gasteiger partial charge in [-0.2, -0.15) is 4.98 Å². The van der Waals surface area contributed by atoms with Crippen molar-refractivity contribution in [2.45, 2.75) is 26.4 Å². The molecule has 0 aliphatic carbocycles. The lowest BCUT2D eigenvalue weighted by Gasteiger charge is -2.20. The van der Waals surface area contributed by atoms with Crippen molar-refractivity contribution in [3.05, 3.63) is 40.8 Å². The van der Waals surface area contributed by atoms with Gasteiger partial charge in [-0.15, -0.1) is 0 Å². The maximum atomic E-state index is 11.9. The lowest BCUT2D eigenvalue weighted by Crippen LogP contribution is -2.27. The summed E-state index contributed by atoms with van der Waals surface area (Å²) in [6.45, 7) is 5.33. The molecule has 0 saturated carbocycles. The molecule has 1 amide bonds. The summed E-state index contributed by atoms with van der Waals surface area (Å²) >= 11 is 11.5. The Morgan fingerprint density at radius 3 is 2.52 bits per heavy atom. The Morgan fingerprint density at radius 1 is 1.17 bits per heavy atom. The van der Waals surface area contributed by atoms with Crippen LogP contribution >= 0.6 is 23.2 Å². The number of halogens is 2. The molecule has 0 spiro atoms. The van der Waals surface area contributed by atoms with Gasteiger partial charge in [0.1, 0.15) is 10.8 Å². The molecule has 2 aromatic rings. The van der Waals surface area contributed by atoms with Gasteiger partial charge in [0.25, 0.3) is 0 Å². The van der Waals surface area contributed by atoms with Crippen LogP contribution in [0.3, 0.4) is 0 Å². The molecule has 0 bridgehead atoms. The Kier molecular flexibility index (Phi) is 5.28. The summed E-state index contributed by atoms with van der Waals surface area (Å²) in [6.07, 6.45) is -0.590. The standard InChI is InChI=1S/C15H15Cl2N3O3/c1-15(2,3)23-14(21)18-9-6-4-5-7-10(9)22-12-8-11(16)19-13(17)20-12/h4-8H,1-3H3,(H,18,21). The van der Waals surface area contributed by atoms with E-state index in [-0.39, 0.29) is 16.3 Å². The van der Waals surface area contributed by atoms with Crippen molar-refractivity contribution in [2.24, 2.45) is 0 Å². The highest BCUT2D eigenvalue weighted by molar-refractivity contribution is 6.31. The summed E-state index contributed by atoms with van der Waals surface area (Å²) in [5, 5.41) is 2.73. The van der Waals surface area contributed by atoms with Gasteiger partial charge >= 0.3 is 6.09 Å². The number of benzene rings is 1. The third-order valence-corrected chi connectivity index (χ3v) is 2.74. The van der Waals surface area contributed by atoms with Crippen LogP contribution < -0.4 is 10.1 Å². The molecule has 8 heteroatoms. The van der Waals surface area contributed by atoms with Gasteiger partial charge in [-0.05, 0) is 44.5 Å². The fourth-order valence-electron chi connectivity index (χ4n) is 1.61. The first kappa shape index (κ1) is 17.3. The minimum absolute atomic E-state index is 0.0370. The van der Waals surface area contributed by atoms with Crippen molar-refractivity contribution < 1.29 is 14.3 Å². The van der Waals surface area contributed by atoms with Crippen LogP contribution in [-0.4, -0.2) is 21.7 Å². The highest BCUT2D eigenvalue weighted by atomic mass is 35.5. The van der Waals surface area contributed by atoms with Gasteiger partial charge in [-0.1, -0.05) is 23.7 Å². The van der Waals surface area contributed by atoms with Crippen LogP contribution in [0.5, 0.6) is 11.6 Å². The third-order valence-electron chi connectivity index (χ3n) is 2.38. The monoisotopic (exact) mass is 355 g/mol. The first-order valence-corrected chi connectivity index (χ1v) is 7.45. The van der Waals surface area contributed by atoms with E-state index >= 15 is 0 Å². The molecule has 0 radical (unpaired) electrons. The van der Waals surface area contributed by atoms with Crippen molar-refractivity contribution in [3.8, 4) is 11.6 Å². The summed E-state index contributed by atoms with van der Waals surface area (Å²) in [5.74, 6) is 0.526. The fraction of sp³-hybridized carbons (Fsp3) is 0.267. The molecule has 1 aromatic heterocycles. The summed E-state index contributed by atoms with van der Waals surface area (Å²) in [5.41, 5.74) is -0.180. The van der Waals surface area contributed by atoms with Gasteiger partial charge in [0.05, 0.1) is 5.69 Å². The molecular formula is C15H15Cl2N3O3. The summed E-state index contributed by atoms with van der Waals surface area (Å²) in [7, 11) is 0. The molecule has 0 saturated heterocycles. The fourth-order valence-corrected chi connectivity index (χ4v) is 2.00. The average molecular weight is 356 g/mol. The zero-order valence-electron chi connectivity index (χ0n) is 12.8. The number of hydrogen-bond acceptors (Lipinski definition) is 5. The molecule has 6 nitrogen and oxygen atoms in total. The second-order valence-electron chi connectivity index (χ2n) is 5.52. The first-order valence-electron chi connectivity index (χ1n) is 6.70. The van der Waals surface area contributed by atoms with Crippen LogP contribution in [0.15, 0.2) is 30.3 Å². The maximum Gasteiger partial charge on any atom is 0.412 e. The van der Waals surface area contributed by atoms with Gasteiger partial charge in [0, 0.05) is 6.07 Å². The van der Waals surface area contributed by atoms with E-state index in [1.807, 2.05) is 0 Å². The van der Waals surface area contributed by atoms with E-state index in [0.717, 1.165) is 0 Å². The molecule has 0 aliphatic heterocycles. The summed E-state index contributed by atoms with van der Waals surface area (Å²) in [6, 6.07) is 8.25. The van der Waals surface area contributed by atoms with Gasteiger partial charge in [-0.3, -0.25) is 5.32 Å². The minimum Gasteiger partial charge on any atom is -0.444 e. The Morgan fingerprint density at radius 2 is 1.87 bits per heavy atom. The molecule has 0 fully saturated rings. The lowest BCUT2D eigenvalue weighted by molar-refractivity contribution is 0.0635. The maximum absolute atomic E-state index is 11.9. The zero-order valence-corrected chi connectivity index (χ0v) is 14.3. The predicted octanol–water partition coefficient (Wildman–Crippen LogP) is 4.92. The average Bonchev–Trinajstić information content (AvgIpc) is 2.37. The third kappa shape index (κ3) is 5.58. The summed E-state index contributed by atoms with van der Waals surface area (Å²) < 4.78 is 10.8. The molecule has 1 aromatic carbocycles. The van der Waals surface area contributed by atoms with E-state index in [1.54, 1.807) is 45.0 Å². The SMILES string of the molecule is CC(C)(C)OC(=O)Nc1ccccc1Oc1cc(Cl)nc(Cl)n1. The smallest absolute Gasteiger partial charge is 0.412 e. The van der Waals surface area contributed by atoms with Crippen LogP contribution in [0.1, 0.15) is 20.8 Å². The van der Waals surface area contributed by atoms with Gasteiger partial charge in [0.2, 0.25) is 11.2 Å². The highest BCUT2D eigenvalue weighted by Crippen LogP contribution is 2.30. The van der Waals surface area contributed by atoms with Crippen LogP contribution in [0.4, 0.5) is 10.5 Å². The van der Waals surface area contributed by atoms with Gasteiger partial charge in [0.15, 0.2) is 5.75 Å². The second kappa shape index (κ2) is 7.02. The molecule has 0 aliphatic rings. The van der Waals surface area contributed by atoms with Crippen molar-refractivity contribution in [1.82, 2.24) is 9.97 Å². The molecule has 1 heterocycles. The molecule has 23 heavy (non-hydrogen) atoms. The number of anilines is 1. The highest BCUT2D eigenvalue weighted by Gasteiger charge is 2.17. The largest absolute Gasteiger partial charge is 0.444 e.